The SMILES string of the molecule is c1cnc2c(c1)oc1ccc(-c3ccc4c(c3)c3ccccc3n4-c3ccc4sc5cccnc5c4c3)cc12. The first-order valence-electron chi connectivity index (χ1n) is 12.9. The van der Waals surface area contributed by atoms with Crippen LogP contribution in [-0.4, -0.2) is 14.5 Å². The van der Waals surface area contributed by atoms with Crippen LogP contribution in [0.3, 0.4) is 0 Å². The molecule has 4 nitrogen and oxygen atoms in total. The van der Waals surface area contributed by atoms with Gasteiger partial charge in [0.2, 0.25) is 0 Å². The standard InChI is InChI=1S/C34H19N3OS/c1-2-6-27-23(5-1)24-17-20(21-10-13-29-25(18-21)33-30(38-29)7-3-15-35-33)9-12-28(24)37(27)22-11-14-31-26(19-22)34-32(39-31)8-4-16-36-34/h1-19H. The number of thiophene rings is 1. The second-order valence-electron chi connectivity index (χ2n) is 9.88. The molecule has 0 atom stereocenters. The molecule has 5 heterocycles. The summed E-state index contributed by atoms with van der Waals surface area (Å²) in [5.41, 5.74) is 9.47. The normalized spacial score (nSPS) is 12.1. The maximum atomic E-state index is 6.01. The lowest BCUT2D eigenvalue weighted by Gasteiger charge is -2.09. The summed E-state index contributed by atoms with van der Waals surface area (Å²) < 4.78 is 10.9. The molecule has 0 aliphatic heterocycles. The van der Waals surface area contributed by atoms with Crippen molar-refractivity contribution >= 4 is 75.5 Å². The molecule has 0 saturated carbocycles. The fourth-order valence-corrected chi connectivity index (χ4v) is 6.98. The van der Waals surface area contributed by atoms with Gasteiger partial charge in [-0.15, -0.1) is 11.3 Å². The third kappa shape index (κ3) is 2.99. The average Bonchev–Trinajstić information content (AvgIpc) is 3.65. The molecule has 9 rings (SSSR count). The van der Waals surface area contributed by atoms with E-state index in [0.29, 0.717) is 0 Å². The van der Waals surface area contributed by atoms with Crippen molar-refractivity contribution in [1.29, 1.82) is 0 Å². The van der Waals surface area contributed by atoms with Gasteiger partial charge in [-0.05, 0) is 83.9 Å². The van der Waals surface area contributed by atoms with Crippen LogP contribution in [0, 0.1) is 0 Å². The minimum Gasteiger partial charge on any atom is -0.454 e. The van der Waals surface area contributed by atoms with Crippen LogP contribution in [0.4, 0.5) is 0 Å². The van der Waals surface area contributed by atoms with Crippen LogP contribution in [-0.2, 0) is 0 Å². The highest BCUT2D eigenvalue weighted by molar-refractivity contribution is 7.25. The molecule has 0 unspecified atom stereocenters. The van der Waals surface area contributed by atoms with E-state index in [1.165, 1.54) is 42.2 Å². The van der Waals surface area contributed by atoms with E-state index in [4.69, 9.17) is 4.42 Å². The summed E-state index contributed by atoms with van der Waals surface area (Å²) in [4.78, 5) is 9.26. The molecule has 0 amide bonds. The zero-order valence-electron chi connectivity index (χ0n) is 20.6. The molecule has 39 heavy (non-hydrogen) atoms. The first-order valence-corrected chi connectivity index (χ1v) is 13.7. The molecule has 182 valence electrons. The Bertz CT molecular complexity index is 2410. The minimum atomic E-state index is 0.814. The Labute approximate surface area is 226 Å². The number of benzene rings is 4. The fraction of sp³-hybridized carbons (Fsp3) is 0. The maximum Gasteiger partial charge on any atom is 0.153 e. The maximum absolute atomic E-state index is 6.01. The van der Waals surface area contributed by atoms with Crippen LogP contribution in [0.15, 0.2) is 120 Å². The van der Waals surface area contributed by atoms with E-state index in [1.54, 1.807) is 11.3 Å². The van der Waals surface area contributed by atoms with E-state index in [0.717, 1.165) is 38.8 Å². The molecule has 0 spiro atoms. The molecule has 0 saturated heterocycles. The molecule has 4 aromatic carbocycles. The van der Waals surface area contributed by atoms with Crippen LogP contribution in [0.5, 0.6) is 0 Å². The van der Waals surface area contributed by atoms with Crippen LogP contribution in [0.25, 0.3) is 81.0 Å². The second-order valence-corrected chi connectivity index (χ2v) is 11.0. The Hall–Kier alpha value is -5.00. The lowest BCUT2D eigenvalue weighted by molar-refractivity contribution is 0.668. The van der Waals surface area contributed by atoms with Gasteiger partial charge in [-0.2, -0.15) is 0 Å². The van der Waals surface area contributed by atoms with Crippen molar-refractivity contribution in [2.75, 3.05) is 0 Å². The van der Waals surface area contributed by atoms with Crippen LogP contribution < -0.4 is 0 Å². The number of nitrogens with zero attached hydrogens (tertiary/aromatic N) is 3. The Morgan fingerprint density at radius 1 is 0.538 bits per heavy atom. The first-order chi connectivity index (χ1) is 19.3. The summed E-state index contributed by atoms with van der Waals surface area (Å²) in [5.74, 6) is 0. The van der Waals surface area contributed by atoms with Gasteiger partial charge in [-0.1, -0.05) is 30.3 Å². The lowest BCUT2D eigenvalue weighted by Crippen LogP contribution is -1.93. The van der Waals surface area contributed by atoms with Gasteiger partial charge in [0.1, 0.15) is 11.1 Å². The summed E-state index contributed by atoms with van der Waals surface area (Å²) in [6, 6.07) is 36.6. The minimum absolute atomic E-state index is 0.814. The third-order valence-corrected chi connectivity index (χ3v) is 8.82. The Balaban J connectivity index is 1.28. The van der Waals surface area contributed by atoms with Gasteiger partial charge >= 0.3 is 0 Å². The Kier molecular flexibility index (Phi) is 4.18. The molecule has 0 aliphatic carbocycles. The van der Waals surface area contributed by atoms with Crippen LogP contribution >= 0.6 is 11.3 Å². The van der Waals surface area contributed by atoms with Gasteiger partial charge in [-0.25, -0.2) is 0 Å². The number of rotatable bonds is 2. The van der Waals surface area contributed by atoms with E-state index in [-0.39, 0.29) is 0 Å². The van der Waals surface area contributed by atoms with Crippen molar-refractivity contribution in [1.82, 2.24) is 14.5 Å². The zero-order valence-corrected chi connectivity index (χ0v) is 21.4. The quantitative estimate of drug-likeness (QED) is 0.229. The van der Waals surface area contributed by atoms with Gasteiger partial charge in [0.05, 0.1) is 21.3 Å². The largest absolute Gasteiger partial charge is 0.454 e. The third-order valence-electron chi connectivity index (χ3n) is 7.70. The smallest absolute Gasteiger partial charge is 0.153 e. The van der Waals surface area contributed by atoms with E-state index < -0.39 is 0 Å². The highest BCUT2D eigenvalue weighted by Crippen LogP contribution is 2.39. The van der Waals surface area contributed by atoms with Crippen molar-refractivity contribution in [2.24, 2.45) is 0 Å². The molecular weight excluding hydrogens is 498 g/mol. The number of hydrogen-bond acceptors (Lipinski definition) is 4. The number of hydrogen-bond donors (Lipinski definition) is 0. The average molecular weight is 518 g/mol. The molecule has 0 radical (unpaired) electrons. The Morgan fingerprint density at radius 2 is 1.33 bits per heavy atom. The topological polar surface area (TPSA) is 43.9 Å². The van der Waals surface area contributed by atoms with E-state index in [1.807, 2.05) is 36.7 Å². The van der Waals surface area contributed by atoms with Gasteiger partial charge in [0.25, 0.3) is 0 Å². The molecule has 0 aliphatic rings. The van der Waals surface area contributed by atoms with Gasteiger partial charge in [0, 0.05) is 44.3 Å². The van der Waals surface area contributed by atoms with Crippen LogP contribution in [0.1, 0.15) is 0 Å². The van der Waals surface area contributed by atoms with E-state index in [2.05, 4.69) is 93.4 Å². The predicted molar refractivity (Wildman–Crippen MR) is 162 cm³/mol. The molecule has 5 heteroatoms. The monoisotopic (exact) mass is 517 g/mol. The van der Waals surface area contributed by atoms with Crippen molar-refractivity contribution in [3.8, 4) is 16.8 Å². The molecule has 9 aromatic rings. The molecule has 0 fully saturated rings. The molecule has 0 bridgehead atoms. The van der Waals surface area contributed by atoms with Gasteiger partial charge in [-0.3, -0.25) is 9.97 Å². The zero-order chi connectivity index (χ0) is 25.5. The molecule has 0 N–H and O–H groups in total. The van der Waals surface area contributed by atoms with Crippen molar-refractivity contribution in [3.63, 3.8) is 0 Å². The predicted octanol–water partition coefficient (Wildman–Crippen LogP) is 9.51. The van der Waals surface area contributed by atoms with Crippen molar-refractivity contribution in [3.05, 3.63) is 116 Å². The summed E-state index contributed by atoms with van der Waals surface area (Å²) in [6.07, 6.45) is 3.69. The molecule has 5 aromatic heterocycles. The Morgan fingerprint density at radius 3 is 2.28 bits per heavy atom. The number of aromatic nitrogens is 3. The summed E-state index contributed by atoms with van der Waals surface area (Å²) >= 11 is 1.79. The second kappa shape index (κ2) is 7.76. The molecular formula is C34H19N3OS. The van der Waals surface area contributed by atoms with Gasteiger partial charge in [0.15, 0.2) is 5.58 Å². The number of fused-ring (bicyclic) bond motifs is 9. The summed E-state index contributed by atoms with van der Waals surface area (Å²) in [5, 5.41) is 4.70. The highest BCUT2D eigenvalue weighted by Gasteiger charge is 2.16. The number of pyridine rings is 2. The highest BCUT2D eigenvalue weighted by atomic mass is 32.1. The fourth-order valence-electron chi connectivity index (χ4n) is 5.93. The van der Waals surface area contributed by atoms with Crippen molar-refractivity contribution < 1.29 is 4.42 Å². The van der Waals surface area contributed by atoms with E-state index >= 15 is 0 Å². The number of para-hydroxylation sites is 1. The number of furan rings is 1. The summed E-state index contributed by atoms with van der Waals surface area (Å²) in [7, 11) is 0. The first kappa shape index (κ1) is 21.0. The van der Waals surface area contributed by atoms with Crippen molar-refractivity contribution in [2.45, 2.75) is 0 Å². The van der Waals surface area contributed by atoms with Gasteiger partial charge < -0.3 is 8.98 Å². The van der Waals surface area contributed by atoms with Crippen LogP contribution in [0.2, 0.25) is 0 Å². The summed E-state index contributed by atoms with van der Waals surface area (Å²) in [6.45, 7) is 0. The van der Waals surface area contributed by atoms with E-state index in [9.17, 15) is 0 Å². The lowest BCUT2D eigenvalue weighted by atomic mass is 10.0.